The number of phenols is 1. The third-order valence-electron chi connectivity index (χ3n) is 6.82. The Hall–Kier alpha value is -2.64. The number of ether oxygens (including phenoxy) is 5. The van der Waals surface area contributed by atoms with E-state index in [1.54, 1.807) is 12.1 Å². The number of aliphatic hydroxyl groups is 5. The van der Waals surface area contributed by atoms with Crippen molar-refractivity contribution < 1.29 is 54.3 Å². The summed E-state index contributed by atoms with van der Waals surface area (Å²) in [5.41, 5.74) is 2.39. The van der Waals surface area contributed by atoms with Crippen LogP contribution >= 0.6 is 0 Å². The molecule has 0 saturated carbocycles. The van der Waals surface area contributed by atoms with Gasteiger partial charge in [0.15, 0.2) is 29.3 Å². The molecule has 11 nitrogen and oxygen atoms in total. The lowest BCUT2D eigenvalue weighted by Crippen LogP contribution is -2.59. The van der Waals surface area contributed by atoms with Crippen LogP contribution in [0.25, 0.3) is 0 Å². The van der Waals surface area contributed by atoms with Gasteiger partial charge < -0.3 is 54.3 Å². The zero-order valence-corrected chi connectivity index (χ0v) is 20.7. The SMILES string of the molecule is COc1cc([C@H]2Oc3c(OC)cc(CCCO)cc3[C@@H]2CO[C@@H]2O[C@@H](CO)[C@@H](O)[C@H](O)[C@H]2O)ccc1O. The average molecular weight is 523 g/mol. The largest absolute Gasteiger partial charge is 0.504 e. The van der Waals surface area contributed by atoms with Gasteiger partial charge in [-0.1, -0.05) is 12.1 Å². The van der Waals surface area contributed by atoms with Crippen LogP contribution in [0.5, 0.6) is 23.0 Å². The van der Waals surface area contributed by atoms with Crippen molar-refractivity contribution >= 4 is 0 Å². The van der Waals surface area contributed by atoms with E-state index < -0.39 is 49.3 Å². The molecule has 2 heterocycles. The Bertz CT molecular complexity index is 1060. The molecule has 2 aliphatic rings. The monoisotopic (exact) mass is 522 g/mol. The predicted octanol–water partition coefficient (Wildman–Crippen LogP) is 0.368. The Balaban J connectivity index is 1.68. The van der Waals surface area contributed by atoms with Crippen LogP contribution < -0.4 is 14.2 Å². The first-order valence-electron chi connectivity index (χ1n) is 12.1. The van der Waals surface area contributed by atoms with Gasteiger partial charge in [-0.2, -0.15) is 0 Å². The van der Waals surface area contributed by atoms with Gasteiger partial charge in [-0.3, -0.25) is 0 Å². The second-order valence-corrected chi connectivity index (χ2v) is 9.15. The molecule has 2 aromatic carbocycles. The number of aromatic hydroxyl groups is 1. The molecule has 37 heavy (non-hydrogen) atoms. The number of aryl methyl sites for hydroxylation is 1. The van der Waals surface area contributed by atoms with E-state index in [-0.39, 0.29) is 24.7 Å². The fraction of sp³-hybridized carbons (Fsp3) is 0.538. The lowest BCUT2D eigenvalue weighted by molar-refractivity contribution is -0.302. The van der Waals surface area contributed by atoms with Crippen molar-refractivity contribution in [2.45, 2.75) is 55.6 Å². The molecule has 0 amide bonds. The molecule has 204 valence electrons. The number of benzene rings is 2. The molecule has 0 aliphatic carbocycles. The van der Waals surface area contributed by atoms with E-state index in [0.29, 0.717) is 29.9 Å². The van der Waals surface area contributed by atoms with E-state index in [9.17, 15) is 30.6 Å². The van der Waals surface area contributed by atoms with Crippen molar-refractivity contribution in [1.29, 1.82) is 0 Å². The number of fused-ring (bicyclic) bond motifs is 1. The second-order valence-electron chi connectivity index (χ2n) is 9.15. The van der Waals surface area contributed by atoms with E-state index in [1.165, 1.54) is 20.3 Å². The number of hydrogen-bond donors (Lipinski definition) is 6. The van der Waals surface area contributed by atoms with Crippen LogP contribution in [-0.4, -0.2) is 95.4 Å². The summed E-state index contributed by atoms with van der Waals surface area (Å²) in [6, 6.07) is 8.66. The van der Waals surface area contributed by atoms with E-state index in [4.69, 9.17) is 23.7 Å². The second kappa shape index (κ2) is 11.8. The summed E-state index contributed by atoms with van der Waals surface area (Å²) < 4.78 is 28.6. The van der Waals surface area contributed by atoms with Crippen LogP contribution in [0.4, 0.5) is 0 Å². The molecule has 1 saturated heterocycles. The number of hydrogen-bond acceptors (Lipinski definition) is 11. The Morgan fingerprint density at radius 2 is 1.68 bits per heavy atom. The van der Waals surface area contributed by atoms with Crippen molar-refractivity contribution in [3.8, 4) is 23.0 Å². The van der Waals surface area contributed by atoms with Gasteiger partial charge in [-0.05, 0) is 42.2 Å². The van der Waals surface area contributed by atoms with Crippen molar-refractivity contribution in [2.75, 3.05) is 34.0 Å². The van der Waals surface area contributed by atoms with Crippen molar-refractivity contribution in [3.63, 3.8) is 0 Å². The molecule has 0 unspecified atom stereocenters. The van der Waals surface area contributed by atoms with E-state index >= 15 is 0 Å². The van der Waals surface area contributed by atoms with Crippen molar-refractivity contribution in [2.24, 2.45) is 0 Å². The van der Waals surface area contributed by atoms with Gasteiger partial charge in [0.1, 0.15) is 30.5 Å². The topological polar surface area (TPSA) is 168 Å². The predicted molar refractivity (Wildman–Crippen MR) is 129 cm³/mol. The van der Waals surface area contributed by atoms with E-state index in [1.807, 2.05) is 12.1 Å². The van der Waals surface area contributed by atoms with Crippen LogP contribution in [-0.2, 0) is 15.9 Å². The zero-order valence-electron chi connectivity index (χ0n) is 20.7. The summed E-state index contributed by atoms with van der Waals surface area (Å²) in [7, 11) is 2.98. The Morgan fingerprint density at radius 1 is 0.919 bits per heavy atom. The molecular weight excluding hydrogens is 488 g/mol. The molecule has 6 N–H and O–H groups in total. The molecule has 2 aliphatic heterocycles. The van der Waals surface area contributed by atoms with Gasteiger partial charge in [-0.15, -0.1) is 0 Å². The summed E-state index contributed by atoms with van der Waals surface area (Å²) in [4.78, 5) is 0. The van der Waals surface area contributed by atoms with Crippen LogP contribution in [0.2, 0.25) is 0 Å². The number of rotatable bonds is 10. The standard InChI is InChI=1S/C26H34O11/c1-33-18-10-14(5-6-17(18)29)24-16(12-35-26-23(32)22(31)21(30)20(11-28)36-26)15-8-13(4-3-7-27)9-19(34-2)25(15)37-24/h5-6,8-10,16,20-24,26-32H,3-4,7,11-12H2,1-2H3/t16-,20-,21+,22-,23+,24+,26+/m0/s1. The van der Waals surface area contributed by atoms with Crippen molar-refractivity contribution in [1.82, 2.24) is 0 Å². The summed E-state index contributed by atoms with van der Waals surface area (Å²) >= 11 is 0. The Morgan fingerprint density at radius 3 is 2.35 bits per heavy atom. The number of phenolic OH excluding ortho intramolecular Hbond substituents is 1. The Labute approximate surface area is 214 Å². The minimum absolute atomic E-state index is 0.0280. The molecule has 0 spiro atoms. The fourth-order valence-corrected chi connectivity index (χ4v) is 4.79. The highest BCUT2D eigenvalue weighted by Crippen LogP contribution is 2.52. The summed E-state index contributed by atoms with van der Waals surface area (Å²) in [5, 5.41) is 59.5. The lowest BCUT2D eigenvalue weighted by atomic mass is 9.90. The molecule has 2 aromatic rings. The molecule has 4 rings (SSSR count). The van der Waals surface area contributed by atoms with Gasteiger partial charge in [-0.25, -0.2) is 0 Å². The molecule has 0 aromatic heterocycles. The molecule has 7 atom stereocenters. The van der Waals surface area contributed by atoms with Crippen molar-refractivity contribution in [3.05, 3.63) is 47.0 Å². The average Bonchev–Trinajstić information content (AvgIpc) is 3.28. The van der Waals surface area contributed by atoms with Crippen LogP contribution in [0.3, 0.4) is 0 Å². The quantitative estimate of drug-likeness (QED) is 0.255. The molecule has 11 heteroatoms. The highest BCUT2D eigenvalue weighted by Gasteiger charge is 2.45. The molecule has 1 fully saturated rings. The Kier molecular flexibility index (Phi) is 8.75. The van der Waals surface area contributed by atoms with Gasteiger partial charge in [0, 0.05) is 12.2 Å². The smallest absolute Gasteiger partial charge is 0.186 e. The van der Waals surface area contributed by atoms with Gasteiger partial charge in [0.25, 0.3) is 0 Å². The number of aliphatic hydroxyl groups excluding tert-OH is 5. The van der Waals surface area contributed by atoms with Gasteiger partial charge in [0.2, 0.25) is 0 Å². The highest BCUT2D eigenvalue weighted by molar-refractivity contribution is 5.56. The lowest BCUT2D eigenvalue weighted by Gasteiger charge is -2.40. The van der Waals surface area contributed by atoms with E-state index in [2.05, 4.69) is 0 Å². The highest BCUT2D eigenvalue weighted by atomic mass is 16.7. The summed E-state index contributed by atoms with van der Waals surface area (Å²) in [6.45, 7) is -0.562. The first kappa shape index (κ1) is 27.4. The van der Waals surface area contributed by atoms with Crippen LogP contribution in [0.15, 0.2) is 30.3 Å². The third kappa shape index (κ3) is 5.48. The minimum atomic E-state index is -1.56. The van der Waals surface area contributed by atoms with Crippen LogP contribution in [0.1, 0.15) is 35.1 Å². The summed E-state index contributed by atoms with van der Waals surface area (Å²) in [5.74, 6) is 0.812. The van der Waals surface area contributed by atoms with Crippen LogP contribution in [0, 0.1) is 0 Å². The first-order chi connectivity index (χ1) is 17.8. The molecule has 0 bridgehead atoms. The maximum Gasteiger partial charge on any atom is 0.186 e. The van der Waals surface area contributed by atoms with Gasteiger partial charge >= 0.3 is 0 Å². The zero-order chi connectivity index (χ0) is 26.7. The first-order valence-corrected chi connectivity index (χ1v) is 12.1. The summed E-state index contributed by atoms with van der Waals surface area (Å²) in [6.07, 6.45) is -6.44. The van der Waals surface area contributed by atoms with E-state index in [0.717, 1.165) is 11.1 Å². The fourth-order valence-electron chi connectivity index (χ4n) is 4.79. The normalized spacial score (nSPS) is 29.0. The maximum absolute atomic E-state index is 10.4. The third-order valence-corrected chi connectivity index (χ3v) is 6.82. The molecule has 0 radical (unpaired) electrons. The van der Waals surface area contributed by atoms with Gasteiger partial charge in [0.05, 0.1) is 33.4 Å². The minimum Gasteiger partial charge on any atom is -0.504 e. The number of methoxy groups -OCH3 is 2. The molecular formula is C26H34O11. The maximum atomic E-state index is 10.4.